The van der Waals surface area contributed by atoms with Crippen LogP contribution < -0.4 is 10.6 Å². The van der Waals surface area contributed by atoms with Crippen LogP contribution in [0.2, 0.25) is 0 Å². The second-order valence-electron chi connectivity index (χ2n) is 8.01. The number of benzene rings is 1. The first-order chi connectivity index (χ1) is 15.1. The molecule has 1 aliphatic carbocycles. The zero-order valence-corrected chi connectivity index (χ0v) is 21.5. The predicted molar refractivity (Wildman–Crippen MR) is 137 cm³/mol. The summed E-state index contributed by atoms with van der Waals surface area (Å²) in [4.78, 5) is 33.0. The third-order valence-electron chi connectivity index (χ3n) is 5.77. The van der Waals surface area contributed by atoms with Crippen LogP contribution in [-0.4, -0.2) is 67.1 Å². The lowest BCUT2D eigenvalue weighted by molar-refractivity contribution is -0.119. The predicted octanol–water partition coefficient (Wildman–Crippen LogP) is 3.67. The van der Waals surface area contributed by atoms with Gasteiger partial charge in [0.2, 0.25) is 5.91 Å². The molecule has 32 heavy (non-hydrogen) atoms. The van der Waals surface area contributed by atoms with Crippen LogP contribution in [0.1, 0.15) is 45.1 Å². The Hall–Kier alpha value is -2.04. The topological polar surface area (TPSA) is 86.3 Å². The summed E-state index contributed by atoms with van der Waals surface area (Å²) in [6, 6.07) is 7.91. The van der Waals surface area contributed by atoms with Gasteiger partial charge in [-0.15, -0.1) is 24.0 Å². The summed E-state index contributed by atoms with van der Waals surface area (Å²) >= 11 is 0. The minimum atomic E-state index is -0.249. The molecule has 2 amide bonds. The summed E-state index contributed by atoms with van der Waals surface area (Å²) in [6.07, 6.45) is 4.03. The van der Waals surface area contributed by atoms with Crippen molar-refractivity contribution in [1.29, 1.82) is 0 Å². The number of nitrogens with zero attached hydrogens (tertiary/aromatic N) is 3. The molecular weight excluding hydrogens is 521 g/mol. The fraction of sp³-hybridized carbons (Fsp3) is 0.609. The van der Waals surface area contributed by atoms with Crippen LogP contribution >= 0.6 is 24.0 Å². The van der Waals surface area contributed by atoms with E-state index in [1.807, 2.05) is 38.1 Å². The largest absolute Gasteiger partial charge is 0.450 e. The van der Waals surface area contributed by atoms with Crippen molar-refractivity contribution in [2.24, 2.45) is 10.9 Å². The van der Waals surface area contributed by atoms with Crippen LogP contribution in [0.5, 0.6) is 0 Å². The number of aliphatic imine (C=N–C) groups is 1. The standard InChI is InChI=1S/C23H35N5O3.HI/c1-3-24-22(27-12-14-28(15-13-27)23(30)31-4-2)25-17-18-8-7-11-20(16-18)26-21(29)19-9-5-6-10-19;/h7-8,11,16,19H,3-6,9-10,12-15,17H2,1-2H3,(H,24,25)(H,26,29);1H. The fourth-order valence-electron chi connectivity index (χ4n) is 4.09. The van der Waals surface area contributed by atoms with E-state index in [0.29, 0.717) is 39.3 Å². The molecule has 2 fully saturated rings. The first-order valence-electron chi connectivity index (χ1n) is 11.5. The Morgan fingerprint density at radius 2 is 1.78 bits per heavy atom. The van der Waals surface area contributed by atoms with Crippen molar-refractivity contribution in [1.82, 2.24) is 15.1 Å². The zero-order chi connectivity index (χ0) is 22.1. The molecule has 1 aromatic carbocycles. The number of ether oxygens (including phenoxy) is 1. The van der Waals surface area contributed by atoms with E-state index in [1.165, 1.54) is 0 Å². The van der Waals surface area contributed by atoms with Crippen molar-refractivity contribution >= 4 is 47.6 Å². The average molecular weight is 557 g/mol. The van der Waals surface area contributed by atoms with Gasteiger partial charge in [-0.25, -0.2) is 9.79 Å². The normalized spacial score (nSPS) is 17.0. The number of rotatable bonds is 6. The number of halogens is 1. The first-order valence-corrected chi connectivity index (χ1v) is 11.5. The molecular formula is C23H36IN5O3. The monoisotopic (exact) mass is 557 g/mol. The Balaban J connectivity index is 0.00000363. The average Bonchev–Trinajstić information content (AvgIpc) is 3.32. The van der Waals surface area contributed by atoms with Crippen LogP contribution in [0.25, 0.3) is 0 Å². The van der Waals surface area contributed by atoms with E-state index in [2.05, 4.69) is 15.5 Å². The SMILES string of the molecule is CCNC(=NCc1cccc(NC(=O)C2CCCC2)c1)N1CCN(C(=O)OCC)CC1.I. The minimum Gasteiger partial charge on any atom is -0.450 e. The molecule has 1 saturated heterocycles. The van der Waals surface area contributed by atoms with Gasteiger partial charge < -0.3 is 25.2 Å². The highest BCUT2D eigenvalue weighted by atomic mass is 127. The van der Waals surface area contributed by atoms with Crippen molar-refractivity contribution in [3.63, 3.8) is 0 Å². The van der Waals surface area contributed by atoms with Crippen molar-refractivity contribution in [3.8, 4) is 0 Å². The van der Waals surface area contributed by atoms with Gasteiger partial charge in [0, 0.05) is 44.3 Å². The van der Waals surface area contributed by atoms with E-state index in [4.69, 9.17) is 9.73 Å². The summed E-state index contributed by atoms with van der Waals surface area (Å²) in [5.41, 5.74) is 1.88. The van der Waals surface area contributed by atoms with Crippen LogP contribution in [0.3, 0.4) is 0 Å². The Morgan fingerprint density at radius 3 is 2.44 bits per heavy atom. The molecule has 1 aromatic rings. The zero-order valence-electron chi connectivity index (χ0n) is 19.1. The molecule has 0 radical (unpaired) electrons. The van der Waals surface area contributed by atoms with Crippen LogP contribution in [0.15, 0.2) is 29.3 Å². The van der Waals surface area contributed by atoms with Gasteiger partial charge in [0.15, 0.2) is 5.96 Å². The first kappa shape index (κ1) is 26.2. The molecule has 9 heteroatoms. The van der Waals surface area contributed by atoms with Crippen LogP contribution in [0, 0.1) is 5.92 Å². The van der Waals surface area contributed by atoms with Crippen molar-refractivity contribution < 1.29 is 14.3 Å². The molecule has 1 heterocycles. The number of carbonyl (C=O) groups excluding carboxylic acids is 2. The third kappa shape index (κ3) is 7.53. The highest BCUT2D eigenvalue weighted by Gasteiger charge is 2.24. The van der Waals surface area contributed by atoms with Gasteiger partial charge >= 0.3 is 6.09 Å². The van der Waals surface area contributed by atoms with E-state index in [0.717, 1.165) is 49.4 Å². The molecule has 3 rings (SSSR count). The Bertz CT molecular complexity index is 775. The summed E-state index contributed by atoms with van der Waals surface area (Å²) in [5.74, 6) is 1.12. The molecule has 8 nitrogen and oxygen atoms in total. The van der Waals surface area contributed by atoms with Crippen molar-refractivity contribution in [2.45, 2.75) is 46.1 Å². The van der Waals surface area contributed by atoms with Gasteiger partial charge in [0.25, 0.3) is 0 Å². The van der Waals surface area contributed by atoms with E-state index in [1.54, 1.807) is 4.90 Å². The van der Waals surface area contributed by atoms with Gasteiger partial charge in [-0.05, 0) is 44.4 Å². The number of anilines is 1. The molecule has 0 atom stereocenters. The lowest BCUT2D eigenvalue weighted by Crippen LogP contribution is -2.53. The molecule has 1 saturated carbocycles. The van der Waals surface area contributed by atoms with Crippen LogP contribution in [-0.2, 0) is 16.1 Å². The van der Waals surface area contributed by atoms with E-state index < -0.39 is 0 Å². The van der Waals surface area contributed by atoms with Gasteiger partial charge in [-0.1, -0.05) is 25.0 Å². The van der Waals surface area contributed by atoms with E-state index >= 15 is 0 Å². The molecule has 0 bridgehead atoms. The van der Waals surface area contributed by atoms with Crippen molar-refractivity contribution in [2.75, 3.05) is 44.6 Å². The summed E-state index contributed by atoms with van der Waals surface area (Å²) < 4.78 is 5.09. The van der Waals surface area contributed by atoms with Crippen LogP contribution in [0.4, 0.5) is 10.5 Å². The maximum absolute atomic E-state index is 12.4. The van der Waals surface area contributed by atoms with Gasteiger partial charge in [0.05, 0.1) is 13.2 Å². The molecule has 2 aliphatic rings. The quantitative estimate of drug-likeness (QED) is 0.317. The number of hydrogen-bond donors (Lipinski definition) is 2. The maximum atomic E-state index is 12.4. The molecule has 0 spiro atoms. The second kappa shape index (κ2) is 13.5. The summed E-state index contributed by atoms with van der Waals surface area (Å²) in [5, 5.41) is 6.41. The lowest BCUT2D eigenvalue weighted by atomic mass is 10.1. The highest BCUT2D eigenvalue weighted by molar-refractivity contribution is 14.0. The minimum absolute atomic E-state index is 0. The molecule has 0 aromatic heterocycles. The smallest absolute Gasteiger partial charge is 0.409 e. The summed E-state index contributed by atoms with van der Waals surface area (Å²) in [6.45, 7) is 8.20. The van der Waals surface area contributed by atoms with Gasteiger partial charge in [0.1, 0.15) is 0 Å². The second-order valence-corrected chi connectivity index (χ2v) is 8.01. The fourth-order valence-corrected chi connectivity index (χ4v) is 4.09. The van der Waals surface area contributed by atoms with Gasteiger partial charge in [-0.3, -0.25) is 4.79 Å². The number of guanidine groups is 1. The Morgan fingerprint density at radius 1 is 1.09 bits per heavy atom. The number of carbonyl (C=O) groups is 2. The van der Waals surface area contributed by atoms with Gasteiger partial charge in [-0.2, -0.15) is 0 Å². The molecule has 0 unspecified atom stereocenters. The Labute approximate surface area is 208 Å². The molecule has 178 valence electrons. The molecule has 1 aliphatic heterocycles. The van der Waals surface area contributed by atoms with E-state index in [9.17, 15) is 9.59 Å². The molecule has 2 N–H and O–H groups in total. The number of hydrogen-bond acceptors (Lipinski definition) is 4. The van der Waals surface area contributed by atoms with Crippen molar-refractivity contribution in [3.05, 3.63) is 29.8 Å². The highest BCUT2D eigenvalue weighted by Crippen LogP contribution is 2.26. The lowest BCUT2D eigenvalue weighted by Gasteiger charge is -2.35. The summed E-state index contributed by atoms with van der Waals surface area (Å²) in [7, 11) is 0. The third-order valence-corrected chi connectivity index (χ3v) is 5.77. The number of nitrogens with one attached hydrogen (secondary N) is 2. The number of piperazine rings is 1. The Kier molecular flexibility index (Phi) is 11.1. The number of amides is 2. The maximum Gasteiger partial charge on any atom is 0.409 e. The van der Waals surface area contributed by atoms with E-state index in [-0.39, 0.29) is 41.9 Å².